The summed E-state index contributed by atoms with van der Waals surface area (Å²) in [6, 6.07) is 40.3. The van der Waals surface area contributed by atoms with Crippen LogP contribution in [-0.2, 0) is 21.7 Å². The molecule has 6 aromatic carbocycles. The van der Waals surface area contributed by atoms with Gasteiger partial charge in [0.15, 0.2) is 0 Å². The van der Waals surface area contributed by atoms with E-state index in [1.165, 1.54) is 54.9 Å². The summed E-state index contributed by atoms with van der Waals surface area (Å²) in [6.45, 7) is 9.70. The first kappa shape index (κ1) is 30.2. The van der Waals surface area contributed by atoms with Crippen molar-refractivity contribution >= 4 is 40.0 Å². The summed E-state index contributed by atoms with van der Waals surface area (Å²) >= 11 is 0. The Morgan fingerprint density at radius 1 is 0.500 bits per heavy atom. The molecule has 0 radical (unpaired) electrons. The number of hydrogen-bond donors (Lipinski definition) is 0. The van der Waals surface area contributed by atoms with Gasteiger partial charge >= 0.3 is 21.7 Å². The van der Waals surface area contributed by atoms with E-state index in [4.69, 9.17) is 0 Å². The van der Waals surface area contributed by atoms with E-state index in [1.807, 2.05) is 0 Å². The molecule has 0 amide bonds. The Hall–Kier alpha value is -2.39. The van der Waals surface area contributed by atoms with Crippen molar-refractivity contribution < 1.29 is 46.5 Å². The third kappa shape index (κ3) is 5.11. The van der Waals surface area contributed by atoms with Crippen LogP contribution >= 0.6 is 0 Å². The largest absolute Gasteiger partial charge is 4.00 e. The summed E-state index contributed by atoms with van der Waals surface area (Å²) in [5, 5.41) is 8.71. The molecular weight excluding hydrogens is 555 g/mol. The third-order valence-electron chi connectivity index (χ3n) is 7.64. The van der Waals surface area contributed by atoms with Gasteiger partial charge in [0.25, 0.3) is 0 Å². The van der Waals surface area contributed by atoms with Crippen LogP contribution in [0, 0.1) is 13.8 Å². The Bertz CT molecular complexity index is 1550. The first-order valence-corrected chi connectivity index (χ1v) is 15.5. The molecule has 188 valence electrons. The summed E-state index contributed by atoms with van der Waals surface area (Å²) in [5.74, 6) is 0. The van der Waals surface area contributed by atoms with Gasteiger partial charge in [-0.2, -0.15) is 10.4 Å². The number of rotatable bonds is 4. The van der Waals surface area contributed by atoms with Crippen LogP contribution in [-0.4, -0.2) is 8.07 Å². The summed E-state index contributed by atoms with van der Waals surface area (Å²) in [4.78, 5) is 0. The van der Waals surface area contributed by atoms with Crippen LogP contribution in [0.4, 0.5) is 0 Å². The Morgan fingerprint density at radius 2 is 0.868 bits per heavy atom. The molecule has 6 rings (SSSR count). The van der Waals surface area contributed by atoms with E-state index >= 15 is 0 Å². The molecule has 0 atom stereocenters. The van der Waals surface area contributed by atoms with Gasteiger partial charge in [-0.25, -0.2) is 0 Å². The number of fused-ring (bicyclic) bond motifs is 2. The van der Waals surface area contributed by atoms with Crippen LogP contribution < -0.4 is 35.2 Å². The van der Waals surface area contributed by atoms with Gasteiger partial charge in [-0.3, -0.25) is 0 Å². The van der Waals surface area contributed by atoms with Crippen molar-refractivity contribution in [1.29, 1.82) is 0 Å². The van der Waals surface area contributed by atoms with Gasteiger partial charge in [0.1, 0.15) is 0 Å². The quantitative estimate of drug-likeness (QED) is 0.220. The van der Waals surface area contributed by atoms with E-state index in [2.05, 4.69) is 136 Å². The second-order valence-corrected chi connectivity index (χ2v) is 14.6. The molecule has 0 saturated carbocycles. The zero-order valence-electron chi connectivity index (χ0n) is 22.1. The molecule has 0 aliphatic rings. The van der Waals surface area contributed by atoms with Gasteiger partial charge in [-0.15, -0.1) is 56.9 Å². The second kappa shape index (κ2) is 11.8. The molecule has 4 heteroatoms. The average molecular weight is 585 g/mol. The molecule has 0 fully saturated rings. The van der Waals surface area contributed by atoms with Gasteiger partial charge < -0.3 is 24.8 Å². The van der Waals surface area contributed by atoms with Crippen molar-refractivity contribution in [2.75, 3.05) is 0 Å². The molecule has 0 N–H and O–H groups in total. The van der Waals surface area contributed by atoms with Crippen LogP contribution in [0.1, 0.15) is 11.1 Å². The Kier molecular flexibility index (Phi) is 9.35. The maximum atomic E-state index is 2.54. The molecular formula is C34H30Cl2SiTi. The minimum atomic E-state index is -2.02. The van der Waals surface area contributed by atoms with E-state index in [-0.39, 0.29) is 46.5 Å². The van der Waals surface area contributed by atoms with E-state index < -0.39 is 8.07 Å². The van der Waals surface area contributed by atoms with Crippen LogP contribution in [0.25, 0.3) is 43.8 Å². The van der Waals surface area contributed by atoms with E-state index in [1.54, 1.807) is 10.4 Å². The Balaban J connectivity index is 0.00000133. The molecule has 0 aliphatic heterocycles. The van der Waals surface area contributed by atoms with Gasteiger partial charge in [0, 0.05) is 8.07 Å². The molecule has 0 aliphatic carbocycles. The number of benzene rings is 4. The topological polar surface area (TPSA) is 0 Å². The van der Waals surface area contributed by atoms with Crippen molar-refractivity contribution in [2.45, 2.75) is 26.9 Å². The SMILES string of the molecule is Cc1[cH-]c2ccc(-c3ccccc3)cc2c1[Si](C)(C)c1c(C)[cH-]c2ccc(-c3ccccc3)cc12.[Cl-].[Cl-].[Ti+4]. The number of aryl methyl sites for hydroxylation is 2. The van der Waals surface area contributed by atoms with E-state index in [0.717, 1.165) is 0 Å². The monoisotopic (exact) mass is 584 g/mol. The third-order valence-corrected chi connectivity index (χ3v) is 11.5. The molecule has 6 aromatic rings. The van der Waals surface area contributed by atoms with E-state index in [9.17, 15) is 0 Å². The fourth-order valence-corrected chi connectivity index (χ4v) is 10.4. The number of hydrogen-bond acceptors (Lipinski definition) is 0. The zero-order chi connectivity index (χ0) is 24.2. The van der Waals surface area contributed by atoms with Gasteiger partial charge in [-0.05, 0) is 22.3 Å². The van der Waals surface area contributed by atoms with Crippen LogP contribution in [0.15, 0.2) is 109 Å². The predicted molar refractivity (Wildman–Crippen MR) is 156 cm³/mol. The Morgan fingerprint density at radius 3 is 1.24 bits per heavy atom. The van der Waals surface area contributed by atoms with Gasteiger partial charge in [0.2, 0.25) is 0 Å². The molecule has 0 heterocycles. The van der Waals surface area contributed by atoms with Crippen LogP contribution in [0.2, 0.25) is 13.1 Å². The minimum Gasteiger partial charge on any atom is -1.00 e. The van der Waals surface area contributed by atoms with E-state index in [0.29, 0.717) is 0 Å². The van der Waals surface area contributed by atoms with Gasteiger partial charge in [-0.1, -0.05) is 112 Å². The molecule has 0 saturated heterocycles. The maximum Gasteiger partial charge on any atom is 4.00 e. The van der Waals surface area contributed by atoms with Crippen LogP contribution in [0.3, 0.4) is 0 Å². The number of halogens is 2. The normalized spacial score (nSPS) is 11.1. The maximum absolute atomic E-state index is 2.54. The van der Waals surface area contributed by atoms with Gasteiger partial charge in [0.05, 0.1) is 0 Å². The first-order chi connectivity index (χ1) is 16.9. The molecule has 0 spiro atoms. The fourth-order valence-electron chi connectivity index (χ4n) is 6.24. The molecule has 0 aromatic heterocycles. The second-order valence-electron chi connectivity index (χ2n) is 10.4. The molecule has 0 unspecified atom stereocenters. The van der Waals surface area contributed by atoms with Crippen molar-refractivity contribution in [2.24, 2.45) is 0 Å². The fraction of sp³-hybridized carbons (Fsp3) is 0.118. The summed E-state index contributed by atoms with van der Waals surface area (Å²) in [7, 11) is -2.02. The van der Waals surface area contributed by atoms with Crippen molar-refractivity contribution in [3.05, 3.63) is 120 Å². The first-order valence-electron chi connectivity index (χ1n) is 12.5. The van der Waals surface area contributed by atoms with Crippen molar-refractivity contribution in [1.82, 2.24) is 0 Å². The van der Waals surface area contributed by atoms with Crippen molar-refractivity contribution in [3.8, 4) is 22.3 Å². The van der Waals surface area contributed by atoms with Crippen LogP contribution in [0.5, 0.6) is 0 Å². The average Bonchev–Trinajstić information content (AvgIpc) is 3.39. The molecule has 0 bridgehead atoms. The summed E-state index contributed by atoms with van der Waals surface area (Å²) in [6.07, 6.45) is 0. The molecule has 38 heavy (non-hydrogen) atoms. The summed E-state index contributed by atoms with van der Waals surface area (Å²) < 4.78 is 0. The minimum absolute atomic E-state index is 0. The smallest absolute Gasteiger partial charge is 1.00 e. The van der Waals surface area contributed by atoms with Crippen molar-refractivity contribution in [3.63, 3.8) is 0 Å². The Labute approximate surface area is 254 Å². The predicted octanol–water partition coefficient (Wildman–Crippen LogP) is 2.21. The molecule has 0 nitrogen and oxygen atoms in total. The standard InChI is InChI=1S/C34H30Si.2ClH.Ti/c1-23-19-29-17-15-27(25-11-7-5-8-12-25)21-31(29)33(23)35(3,4)34-24(2)20-30-18-16-28(22-32(30)34)26-13-9-6-10-14-26;;;/h5-22H,1-4H3;2*1H;/q-2;;;+4/p-2. The summed E-state index contributed by atoms with van der Waals surface area (Å²) in [5.41, 5.74) is 8.00. The zero-order valence-corrected chi connectivity index (χ0v) is 26.2.